The predicted octanol–water partition coefficient (Wildman–Crippen LogP) is 2.75. The van der Waals surface area contributed by atoms with E-state index in [9.17, 15) is 4.21 Å². The highest BCUT2D eigenvalue weighted by Crippen LogP contribution is 2.06. The van der Waals surface area contributed by atoms with Crippen molar-refractivity contribution in [3.05, 3.63) is 35.9 Å². The molecule has 3 unspecified atom stereocenters. The first-order valence-electron chi connectivity index (χ1n) is 6.73. The molecule has 1 N–H and O–H groups in total. The lowest BCUT2D eigenvalue weighted by Crippen LogP contribution is -2.33. The Labute approximate surface area is 114 Å². The third-order valence-corrected chi connectivity index (χ3v) is 4.74. The molecule has 0 radical (unpaired) electrons. The molecule has 0 aliphatic rings. The molecule has 3 atom stereocenters. The summed E-state index contributed by atoms with van der Waals surface area (Å²) in [5, 5.41) is 3.85. The molecule has 18 heavy (non-hydrogen) atoms. The van der Waals surface area contributed by atoms with Crippen molar-refractivity contribution in [3.63, 3.8) is 0 Å². The third kappa shape index (κ3) is 5.78. The van der Waals surface area contributed by atoms with Gasteiger partial charge in [0.25, 0.3) is 0 Å². The highest BCUT2D eigenvalue weighted by atomic mass is 32.2. The SMILES string of the molecule is CCC(Cc1ccccc1)NCCC(C)S(C)=O. The highest BCUT2D eigenvalue weighted by Gasteiger charge is 2.09. The number of benzene rings is 1. The summed E-state index contributed by atoms with van der Waals surface area (Å²) in [4.78, 5) is 0. The van der Waals surface area contributed by atoms with E-state index < -0.39 is 10.8 Å². The van der Waals surface area contributed by atoms with Gasteiger partial charge in [-0.25, -0.2) is 0 Å². The van der Waals surface area contributed by atoms with Crippen LogP contribution in [0.1, 0.15) is 32.3 Å². The maximum absolute atomic E-state index is 11.3. The summed E-state index contributed by atoms with van der Waals surface area (Å²) >= 11 is 0. The van der Waals surface area contributed by atoms with Crippen LogP contribution < -0.4 is 5.32 Å². The van der Waals surface area contributed by atoms with E-state index in [4.69, 9.17) is 0 Å². The minimum atomic E-state index is -0.705. The van der Waals surface area contributed by atoms with Crippen LogP contribution in [0.25, 0.3) is 0 Å². The molecule has 102 valence electrons. The maximum atomic E-state index is 11.3. The highest BCUT2D eigenvalue weighted by molar-refractivity contribution is 7.84. The second-order valence-electron chi connectivity index (χ2n) is 4.85. The standard InChI is InChI=1S/C15H25NOS/c1-4-15(12-14-8-6-5-7-9-14)16-11-10-13(2)18(3)17/h5-9,13,15-16H,4,10-12H2,1-3H3. The minimum absolute atomic E-state index is 0.284. The van der Waals surface area contributed by atoms with Gasteiger partial charge in [-0.05, 0) is 31.4 Å². The van der Waals surface area contributed by atoms with E-state index in [0.29, 0.717) is 6.04 Å². The van der Waals surface area contributed by atoms with Gasteiger partial charge in [0.15, 0.2) is 0 Å². The molecule has 0 bridgehead atoms. The quantitative estimate of drug-likeness (QED) is 0.784. The second-order valence-corrected chi connectivity index (χ2v) is 6.65. The van der Waals surface area contributed by atoms with E-state index in [1.54, 1.807) is 6.26 Å². The Hall–Kier alpha value is -0.670. The predicted molar refractivity (Wildman–Crippen MR) is 80.4 cm³/mol. The fraction of sp³-hybridized carbons (Fsp3) is 0.600. The van der Waals surface area contributed by atoms with Crippen molar-refractivity contribution >= 4 is 10.8 Å². The lowest BCUT2D eigenvalue weighted by molar-refractivity contribution is 0.487. The van der Waals surface area contributed by atoms with Crippen molar-refractivity contribution in [1.82, 2.24) is 5.32 Å². The first kappa shape index (κ1) is 15.4. The summed E-state index contributed by atoms with van der Waals surface area (Å²) in [5.74, 6) is 0. The Morgan fingerprint density at radius 3 is 2.50 bits per heavy atom. The van der Waals surface area contributed by atoms with Gasteiger partial charge in [0.1, 0.15) is 0 Å². The molecule has 0 spiro atoms. The van der Waals surface area contributed by atoms with Crippen molar-refractivity contribution in [1.29, 1.82) is 0 Å². The minimum Gasteiger partial charge on any atom is -0.314 e. The Bertz CT molecular complexity index is 353. The Morgan fingerprint density at radius 2 is 1.94 bits per heavy atom. The third-order valence-electron chi connectivity index (χ3n) is 3.37. The normalized spacial score (nSPS) is 16.2. The van der Waals surface area contributed by atoms with Gasteiger partial charge in [-0.3, -0.25) is 4.21 Å². The average molecular weight is 267 g/mol. The van der Waals surface area contributed by atoms with Crippen molar-refractivity contribution in [2.45, 2.75) is 44.4 Å². The van der Waals surface area contributed by atoms with Gasteiger partial charge in [-0.15, -0.1) is 0 Å². The molecule has 0 aliphatic heterocycles. The smallest absolute Gasteiger partial charge is 0.0329 e. The number of hydrogen-bond acceptors (Lipinski definition) is 2. The average Bonchev–Trinajstić information content (AvgIpc) is 2.38. The molecule has 2 nitrogen and oxygen atoms in total. The summed E-state index contributed by atoms with van der Waals surface area (Å²) in [6.07, 6.45) is 4.96. The largest absolute Gasteiger partial charge is 0.314 e. The van der Waals surface area contributed by atoms with E-state index in [0.717, 1.165) is 25.8 Å². The summed E-state index contributed by atoms with van der Waals surface area (Å²) in [6.45, 7) is 5.21. The number of hydrogen-bond donors (Lipinski definition) is 1. The zero-order valence-electron chi connectivity index (χ0n) is 11.7. The molecule has 3 heteroatoms. The molecule has 1 rings (SSSR count). The number of rotatable bonds is 8. The lowest BCUT2D eigenvalue weighted by atomic mass is 10.0. The van der Waals surface area contributed by atoms with Crippen LogP contribution >= 0.6 is 0 Å². The first-order chi connectivity index (χ1) is 8.63. The molecule has 0 aliphatic carbocycles. The Kier molecular flexibility index (Phi) is 7.21. The fourth-order valence-electron chi connectivity index (χ4n) is 1.92. The van der Waals surface area contributed by atoms with Crippen molar-refractivity contribution in [2.24, 2.45) is 0 Å². The van der Waals surface area contributed by atoms with Gasteiger partial charge in [-0.2, -0.15) is 0 Å². The van der Waals surface area contributed by atoms with Crippen LogP contribution in [0.2, 0.25) is 0 Å². The van der Waals surface area contributed by atoms with Gasteiger partial charge >= 0.3 is 0 Å². The molecule has 1 aromatic carbocycles. The molecule has 0 aromatic heterocycles. The zero-order valence-corrected chi connectivity index (χ0v) is 12.5. The molecule has 0 heterocycles. The molecule has 0 fully saturated rings. The molecule has 0 amide bonds. The molecular formula is C15H25NOS. The van der Waals surface area contributed by atoms with E-state index in [1.807, 2.05) is 0 Å². The monoisotopic (exact) mass is 267 g/mol. The van der Waals surface area contributed by atoms with Crippen LogP contribution in [0.4, 0.5) is 0 Å². The van der Waals surface area contributed by atoms with E-state index >= 15 is 0 Å². The van der Waals surface area contributed by atoms with E-state index in [1.165, 1.54) is 5.56 Å². The molecule has 1 aromatic rings. The van der Waals surface area contributed by atoms with Crippen LogP contribution in [0.15, 0.2) is 30.3 Å². The van der Waals surface area contributed by atoms with Gasteiger partial charge < -0.3 is 5.32 Å². The summed E-state index contributed by atoms with van der Waals surface area (Å²) in [6, 6.07) is 11.1. The fourth-order valence-corrected chi connectivity index (χ4v) is 2.37. The molecule has 0 saturated heterocycles. The van der Waals surface area contributed by atoms with Crippen molar-refractivity contribution in [2.75, 3.05) is 12.8 Å². The Balaban J connectivity index is 2.32. The van der Waals surface area contributed by atoms with Gasteiger partial charge in [0.2, 0.25) is 0 Å². The molecule has 0 saturated carbocycles. The van der Waals surface area contributed by atoms with Crippen LogP contribution in [0.5, 0.6) is 0 Å². The van der Waals surface area contributed by atoms with Gasteiger partial charge in [0, 0.05) is 28.3 Å². The van der Waals surface area contributed by atoms with Crippen LogP contribution in [0.3, 0.4) is 0 Å². The lowest BCUT2D eigenvalue weighted by Gasteiger charge is -2.18. The van der Waals surface area contributed by atoms with E-state index in [2.05, 4.69) is 49.5 Å². The second kappa shape index (κ2) is 8.44. The zero-order chi connectivity index (χ0) is 13.4. The van der Waals surface area contributed by atoms with Crippen LogP contribution in [-0.2, 0) is 17.2 Å². The Morgan fingerprint density at radius 1 is 1.28 bits per heavy atom. The molecular weight excluding hydrogens is 242 g/mol. The van der Waals surface area contributed by atoms with Crippen molar-refractivity contribution in [3.8, 4) is 0 Å². The topological polar surface area (TPSA) is 29.1 Å². The maximum Gasteiger partial charge on any atom is 0.0329 e. The number of nitrogens with one attached hydrogen (secondary N) is 1. The van der Waals surface area contributed by atoms with Crippen molar-refractivity contribution < 1.29 is 4.21 Å². The van der Waals surface area contributed by atoms with Gasteiger partial charge in [0.05, 0.1) is 0 Å². The summed E-state index contributed by atoms with van der Waals surface area (Å²) in [5.41, 5.74) is 1.38. The first-order valence-corrected chi connectivity index (χ1v) is 8.35. The van der Waals surface area contributed by atoms with Crippen LogP contribution in [-0.4, -0.2) is 28.3 Å². The summed E-state index contributed by atoms with van der Waals surface area (Å²) in [7, 11) is -0.705. The summed E-state index contributed by atoms with van der Waals surface area (Å²) < 4.78 is 11.3. The van der Waals surface area contributed by atoms with Crippen LogP contribution in [0, 0.1) is 0 Å². The van der Waals surface area contributed by atoms with E-state index in [-0.39, 0.29) is 5.25 Å². The van der Waals surface area contributed by atoms with Gasteiger partial charge in [-0.1, -0.05) is 44.2 Å².